The number of nitrogens with zero attached hydrogens (tertiary/aromatic N) is 2. The first-order valence-electron chi connectivity index (χ1n) is 9.39. The zero-order valence-electron chi connectivity index (χ0n) is 14.7. The van der Waals surface area contributed by atoms with Crippen molar-refractivity contribution < 1.29 is 14.3 Å². The standard InChI is InChI=1S/C19H27N3O3/c23-18(22-11-7-19(8-12-22)24-13-14-25-19)15-20-16-3-5-17(6-4-16)21-9-1-2-10-21/h3-6,20H,1-2,7-15H2. The second-order valence-electron chi connectivity index (χ2n) is 7.08. The second-order valence-corrected chi connectivity index (χ2v) is 7.08. The van der Waals surface area contributed by atoms with Crippen LogP contribution in [0.1, 0.15) is 25.7 Å². The first kappa shape index (κ1) is 16.7. The fraction of sp³-hybridized carbons (Fsp3) is 0.632. The van der Waals surface area contributed by atoms with Gasteiger partial charge >= 0.3 is 0 Å². The molecule has 1 aromatic carbocycles. The van der Waals surface area contributed by atoms with Gasteiger partial charge in [0.15, 0.2) is 5.79 Å². The van der Waals surface area contributed by atoms with Crippen LogP contribution in [-0.2, 0) is 14.3 Å². The van der Waals surface area contributed by atoms with Crippen molar-refractivity contribution in [1.29, 1.82) is 0 Å². The zero-order valence-corrected chi connectivity index (χ0v) is 14.7. The van der Waals surface area contributed by atoms with Gasteiger partial charge in [-0.2, -0.15) is 0 Å². The van der Waals surface area contributed by atoms with E-state index in [1.165, 1.54) is 18.5 Å². The lowest BCUT2D eigenvalue weighted by Gasteiger charge is -2.37. The van der Waals surface area contributed by atoms with Gasteiger partial charge in [0.1, 0.15) is 0 Å². The maximum atomic E-state index is 12.4. The molecular formula is C19H27N3O3. The van der Waals surface area contributed by atoms with Crippen molar-refractivity contribution >= 4 is 17.3 Å². The second kappa shape index (κ2) is 7.22. The van der Waals surface area contributed by atoms with Gasteiger partial charge in [0.2, 0.25) is 5.91 Å². The Bertz CT molecular complexity index is 582. The van der Waals surface area contributed by atoms with Gasteiger partial charge in [0, 0.05) is 50.4 Å². The van der Waals surface area contributed by atoms with E-state index >= 15 is 0 Å². The summed E-state index contributed by atoms with van der Waals surface area (Å²) in [5, 5.41) is 3.25. The molecule has 3 aliphatic heterocycles. The average molecular weight is 345 g/mol. The highest BCUT2D eigenvalue weighted by Gasteiger charge is 2.40. The van der Waals surface area contributed by atoms with Crippen LogP contribution in [0.4, 0.5) is 11.4 Å². The summed E-state index contributed by atoms with van der Waals surface area (Å²) in [6.07, 6.45) is 4.09. The molecule has 6 heteroatoms. The van der Waals surface area contributed by atoms with Crippen LogP contribution >= 0.6 is 0 Å². The lowest BCUT2D eigenvalue weighted by atomic mass is 10.0. The van der Waals surface area contributed by atoms with E-state index in [1.54, 1.807) is 0 Å². The predicted octanol–water partition coefficient (Wildman–Crippen LogP) is 2.06. The largest absolute Gasteiger partial charge is 0.376 e. The van der Waals surface area contributed by atoms with Crippen LogP contribution in [0.15, 0.2) is 24.3 Å². The van der Waals surface area contributed by atoms with Gasteiger partial charge in [0.05, 0.1) is 19.8 Å². The third-order valence-corrected chi connectivity index (χ3v) is 5.47. The SMILES string of the molecule is O=C(CNc1ccc(N2CCCC2)cc1)N1CCC2(CC1)OCCO2. The quantitative estimate of drug-likeness (QED) is 0.905. The number of hydrogen-bond acceptors (Lipinski definition) is 5. The Labute approximate surface area is 149 Å². The number of anilines is 2. The van der Waals surface area contributed by atoms with Gasteiger partial charge in [0.25, 0.3) is 0 Å². The highest BCUT2D eigenvalue weighted by atomic mass is 16.7. The number of rotatable bonds is 4. The summed E-state index contributed by atoms with van der Waals surface area (Å²) in [6, 6.07) is 8.40. The first-order valence-corrected chi connectivity index (χ1v) is 9.39. The van der Waals surface area contributed by atoms with Crippen LogP contribution in [0, 0.1) is 0 Å². The van der Waals surface area contributed by atoms with Crippen LogP contribution in [0.5, 0.6) is 0 Å². The van der Waals surface area contributed by atoms with Gasteiger partial charge in [-0.3, -0.25) is 4.79 Å². The summed E-state index contributed by atoms with van der Waals surface area (Å²) in [5.41, 5.74) is 2.26. The van der Waals surface area contributed by atoms with E-state index in [4.69, 9.17) is 9.47 Å². The Kier molecular flexibility index (Phi) is 4.81. The van der Waals surface area contributed by atoms with Crippen molar-refractivity contribution in [3.63, 3.8) is 0 Å². The number of amides is 1. The minimum absolute atomic E-state index is 0.136. The smallest absolute Gasteiger partial charge is 0.241 e. The third kappa shape index (κ3) is 3.75. The lowest BCUT2D eigenvalue weighted by molar-refractivity contribution is -0.187. The molecule has 1 N–H and O–H groups in total. The number of likely N-dealkylation sites (tertiary alicyclic amines) is 1. The van der Waals surface area contributed by atoms with E-state index in [0.29, 0.717) is 32.8 Å². The molecular weight excluding hydrogens is 318 g/mol. The molecule has 0 radical (unpaired) electrons. The van der Waals surface area contributed by atoms with Gasteiger partial charge in [-0.15, -0.1) is 0 Å². The fourth-order valence-corrected chi connectivity index (χ4v) is 3.94. The Morgan fingerprint density at radius 3 is 2.28 bits per heavy atom. The summed E-state index contributed by atoms with van der Waals surface area (Å²) in [5.74, 6) is -0.285. The highest BCUT2D eigenvalue weighted by molar-refractivity contribution is 5.81. The number of ether oxygens (including phenoxy) is 2. The van der Waals surface area contributed by atoms with Gasteiger partial charge < -0.3 is 24.6 Å². The third-order valence-electron chi connectivity index (χ3n) is 5.47. The van der Waals surface area contributed by atoms with Crippen LogP contribution in [-0.4, -0.2) is 62.5 Å². The molecule has 25 heavy (non-hydrogen) atoms. The average Bonchev–Trinajstić information content (AvgIpc) is 3.33. The molecule has 1 aromatic rings. The van der Waals surface area contributed by atoms with Crippen LogP contribution < -0.4 is 10.2 Å². The summed E-state index contributed by atoms with van der Waals surface area (Å²) in [4.78, 5) is 16.7. The minimum atomic E-state index is -0.421. The molecule has 3 heterocycles. The van der Waals surface area contributed by atoms with E-state index in [0.717, 1.165) is 31.6 Å². The summed E-state index contributed by atoms with van der Waals surface area (Å²) in [7, 11) is 0. The molecule has 0 unspecified atom stereocenters. The first-order chi connectivity index (χ1) is 12.2. The van der Waals surface area contributed by atoms with Crippen LogP contribution in [0.25, 0.3) is 0 Å². The van der Waals surface area contributed by atoms with Crippen molar-refractivity contribution in [3.05, 3.63) is 24.3 Å². The number of carbonyl (C=O) groups excluding carboxylic acids is 1. The molecule has 6 nitrogen and oxygen atoms in total. The predicted molar refractivity (Wildman–Crippen MR) is 96.8 cm³/mol. The molecule has 0 aliphatic carbocycles. The normalized spacial score (nSPS) is 22.6. The number of nitrogens with one attached hydrogen (secondary N) is 1. The van der Waals surface area contributed by atoms with E-state index < -0.39 is 5.79 Å². The highest BCUT2D eigenvalue weighted by Crippen LogP contribution is 2.31. The topological polar surface area (TPSA) is 54.0 Å². The maximum Gasteiger partial charge on any atom is 0.241 e. The molecule has 0 bridgehead atoms. The molecule has 0 aromatic heterocycles. The summed E-state index contributed by atoms with van der Waals surface area (Å²) < 4.78 is 11.4. The molecule has 3 fully saturated rings. The van der Waals surface area contributed by atoms with E-state index in [-0.39, 0.29) is 5.91 Å². The molecule has 136 valence electrons. The van der Waals surface area contributed by atoms with Gasteiger partial charge in [-0.05, 0) is 37.1 Å². The Hall–Kier alpha value is -1.79. The van der Waals surface area contributed by atoms with Crippen molar-refractivity contribution in [2.75, 3.05) is 56.2 Å². The number of benzene rings is 1. The van der Waals surface area contributed by atoms with Crippen molar-refractivity contribution in [3.8, 4) is 0 Å². The zero-order chi connectivity index (χ0) is 17.1. The minimum Gasteiger partial charge on any atom is -0.376 e. The number of carbonyl (C=O) groups is 1. The molecule has 3 aliphatic rings. The maximum absolute atomic E-state index is 12.4. The molecule has 0 atom stereocenters. The van der Waals surface area contributed by atoms with E-state index in [1.807, 2.05) is 4.90 Å². The van der Waals surface area contributed by atoms with E-state index in [9.17, 15) is 4.79 Å². The van der Waals surface area contributed by atoms with E-state index in [2.05, 4.69) is 34.5 Å². The Morgan fingerprint density at radius 1 is 1.00 bits per heavy atom. The Morgan fingerprint density at radius 2 is 1.64 bits per heavy atom. The molecule has 1 amide bonds. The molecule has 3 saturated heterocycles. The van der Waals surface area contributed by atoms with Crippen molar-refractivity contribution in [2.45, 2.75) is 31.5 Å². The molecule has 1 spiro atoms. The van der Waals surface area contributed by atoms with Crippen molar-refractivity contribution in [2.24, 2.45) is 0 Å². The van der Waals surface area contributed by atoms with Gasteiger partial charge in [-0.25, -0.2) is 0 Å². The van der Waals surface area contributed by atoms with Gasteiger partial charge in [-0.1, -0.05) is 0 Å². The Balaban J connectivity index is 1.24. The fourth-order valence-electron chi connectivity index (χ4n) is 3.94. The molecule has 0 saturated carbocycles. The van der Waals surface area contributed by atoms with Crippen molar-refractivity contribution in [1.82, 2.24) is 4.90 Å². The summed E-state index contributed by atoms with van der Waals surface area (Å²) >= 11 is 0. The number of piperidine rings is 1. The van der Waals surface area contributed by atoms with Crippen LogP contribution in [0.2, 0.25) is 0 Å². The molecule has 4 rings (SSSR count). The number of hydrogen-bond donors (Lipinski definition) is 1. The monoisotopic (exact) mass is 345 g/mol. The van der Waals surface area contributed by atoms with Crippen LogP contribution in [0.3, 0.4) is 0 Å². The summed E-state index contributed by atoms with van der Waals surface area (Å²) in [6.45, 7) is 5.37. The lowest BCUT2D eigenvalue weighted by Crippen LogP contribution is -2.48.